The molecule has 2 aromatic carbocycles. The Hall–Kier alpha value is -3.76. The van der Waals surface area contributed by atoms with E-state index in [-0.39, 0.29) is 31.7 Å². The van der Waals surface area contributed by atoms with E-state index in [1.165, 1.54) is 0 Å². The fourth-order valence-electron chi connectivity index (χ4n) is 4.83. The van der Waals surface area contributed by atoms with Crippen LogP contribution in [0.1, 0.15) is 44.2 Å². The molecule has 3 rings (SSSR count). The number of morpholine rings is 1. The Balaban J connectivity index is 1.87. The van der Waals surface area contributed by atoms with Crippen molar-refractivity contribution in [1.82, 2.24) is 20.8 Å². The van der Waals surface area contributed by atoms with Crippen LogP contribution in [0.3, 0.4) is 0 Å². The van der Waals surface area contributed by atoms with Crippen molar-refractivity contribution in [1.29, 1.82) is 0 Å². The van der Waals surface area contributed by atoms with Gasteiger partial charge in [-0.1, -0.05) is 74.5 Å². The molecule has 4 N–H and O–H groups in total. The molecule has 0 unspecified atom stereocenters. The number of nitrogens with zero attached hydrogens (tertiary/aromatic N) is 1. The number of nitrogens with one attached hydrogen (secondary N) is 3. The van der Waals surface area contributed by atoms with Crippen molar-refractivity contribution in [3.63, 3.8) is 0 Å². The van der Waals surface area contributed by atoms with E-state index in [1.54, 1.807) is 30.3 Å². The molecule has 10 heteroatoms. The lowest BCUT2D eigenvalue weighted by Gasteiger charge is -2.37. The quantitative estimate of drug-likeness (QED) is 0.242. The first-order valence-corrected chi connectivity index (χ1v) is 14.2. The van der Waals surface area contributed by atoms with Gasteiger partial charge in [0.25, 0.3) is 5.91 Å². The number of aliphatic carboxylic acids is 1. The zero-order chi connectivity index (χ0) is 30.5. The number of ether oxygens (including phenoxy) is 1. The lowest BCUT2D eigenvalue weighted by Crippen LogP contribution is -2.71. The Morgan fingerprint density at radius 3 is 2.17 bits per heavy atom. The van der Waals surface area contributed by atoms with Crippen molar-refractivity contribution in [3.8, 4) is 0 Å². The van der Waals surface area contributed by atoms with Gasteiger partial charge in [0.05, 0.1) is 19.8 Å². The SMILES string of the molecule is [2H]N(C(=O)CCCc1ccccc1)[C@](CC(C)C)(NC(=O)CN1CCOCC1)C(=O)N[C@@H](Cc1ccccc1)C(=O)O. The Labute approximate surface area is 243 Å². The molecule has 2 atom stereocenters. The maximum Gasteiger partial charge on any atom is 0.326 e. The lowest BCUT2D eigenvalue weighted by molar-refractivity contribution is -0.145. The van der Waals surface area contributed by atoms with E-state index in [0.29, 0.717) is 50.0 Å². The Kier molecular flexibility index (Phi) is 11.7. The second-order valence-electron chi connectivity index (χ2n) is 10.8. The van der Waals surface area contributed by atoms with Crippen LogP contribution in [-0.4, -0.2) is 78.3 Å². The summed E-state index contributed by atoms with van der Waals surface area (Å²) in [4.78, 5) is 54.9. The van der Waals surface area contributed by atoms with Crippen LogP contribution in [-0.2, 0) is 36.8 Å². The fraction of sp³-hybridized carbons (Fsp3) is 0.484. The van der Waals surface area contributed by atoms with Crippen molar-refractivity contribution in [2.75, 3.05) is 32.8 Å². The molecule has 0 spiro atoms. The van der Waals surface area contributed by atoms with Crippen molar-refractivity contribution in [3.05, 3.63) is 71.8 Å². The van der Waals surface area contributed by atoms with Crippen LogP contribution < -0.4 is 15.9 Å². The summed E-state index contributed by atoms with van der Waals surface area (Å²) in [5.74, 6) is -3.61. The van der Waals surface area contributed by atoms with Gasteiger partial charge in [-0.05, 0) is 29.9 Å². The summed E-state index contributed by atoms with van der Waals surface area (Å²) in [6.45, 7) is 5.55. The molecular weight excluding hydrogens is 524 g/mol. The number of aryl methyl sites for hydroxylation is 1. The van der Waals surface area contributed by atoms with Crippen molar-refractivity contribution >= 4 is 23.7 Å². The van der Waals surface area contributed by atoms with E-state index < -0.39 is 35.4 Å². The van der Waals surface area contributed by atoms with Crippen molar-refractivity contribution in [2.24, 2.45) is 5.92 Å². The fourth-order valence-corrected chi connectivity index (χ4v) is 4.83. The maximum absolute atomic E-state index is 14.0. The number of rotatable bonds is 15. The molecular formula is C31H42N4O6. The van der Waals surface area contributed by atoms with E-state index in [9.17, 15) is 24.3 Å². The molecule has 0 radical (unpaired) electrons. The third-order valence-corrected chi connectivity index (χ3v) is 6.80. The highest BCUT2D eigenvalue weighted by Crippen LogP contribution is 2.18. The molecule has 1 aliphatic rings. The number of hydrogen-bond donors (Lipinski definition) is 4. The van der Waals surface area contributed by atoms with Gasteiger partial charge in [-0.15, -0.1) is 0 Å². The van der Waals surface area contributed by atoms with Crippen LogP contribution in [0.25, 0.3) is 0 Å². The molecule has 10 nitrogen and oxygen atoms in total. The molecule has 0 aromatic heterocycles. The second kappa shape index (κ2) is 15.9. The number of benzene rings is 2. The summed E-state index contributed by atoms with van der Waals surface area (Å²) in [6, 6.07) is 17.1. The number of carbonyl (C=O) groups is 4. The van der Waals surface area contributed by atoms with Gasteiger partial charge in [0.1, 0.15) is 6.04 Å². The largest absolute Gasteiger partial charge is 0.480 e. The molecule has 0 saturated carbocycles. The van der Waals surface area contributed by atoms with Gasteiger partial charge in [0, 0.05) is 32.4 Å². The van der Waals surface area contributed by atoms with Gasteiger partial charge in [-0.25, -0.2) is 4.79 Å². The predicted molar refractivity (Wildman–Crippen MR) is 155 cm³/mol. The molecule has 222 valence electrons. The Morgan fingerprint density at radius 2 is 1.59 bits per heavy atom. The highest BCUT2D eigenvalue weighted by molar-refractivity contribution is 5.97. The molecule has 0 aliphatic carbocycles. The number of amides is 3. The Morgan fingerprint density at radius 1 is 0.976 bits per heavy atom. The molecule has 1 fully saturated rings. The topological polar surface area (TPSA) is 137 Å². The minimum Gasteiger partial charge on any atom is -0.480 e. The first kappa shape index (κ1) is 30.2. The third kappa shape index (κ3) is 10.6. The van der Waals surface area contributed by atoms with Crippen LogP contribution in [0.2, 0.25) is 1.41 Å². The second-order valence-corrected chi connectivity index (χ2v) is 10.8. The zero-order valence-corrected chi connectivity index (χ0v) is 23.9. The highest BCUT2D eigenvalue weighted by Gasteiger charge is 2.43. The van der Waals surface area contributed by atoms with E-state index in [2.05, 4.69) is 10.6 Å². The van der Waals surface area contributed by atoms with E-state index in [0.717, 1.165) is 5.56 Å². The third-order valence-electron chi connectivity index (χ3n) is 6.80. The average molecular weight is 568 g/mol. The van der Waals surface area contributed by atoms with Gasteiger partial charge in [0.2, 0.25) is 11.8 Å². The summed E-state index contributed by atoms with van der Waals surface area (Å²) in [5, 5.41) is 15.7. The number of carbonyl (C=O) groups excluding carboxylic acids is 3. The van der Waals surface area contributed by atoms with Crippen molar-refractivity contribution < 1.29 is 30.4 Å². The first-order valence-electron chi connectivity index (χ1n) is 14.6. The predicted octanol–water partition coefficient (Wildman–Crippen LogP) is 2.13. The van der Waals surface area contributed by atoms with Gasteiger partial charge < -0.3 is 25.8 Å². The van der Waals surface area contributed by atoms with E-state index >= 15 is 0 Å². The van der Waals surface area contributed by atoms with Crippen molar-refractivity contribution in [2.45, 2.75) is 57.7 Å². The first-order chi connectivity index (χ1) is 20.1. The maximum atomic E-state index is 14.0. The smallest absolute Gasteiger partial charge is 0.326 e. The minimum atomic E-state index is -2.12. The van der Waals surface area contributed by atoms with Crippen LogP contribution >= 0.6 is 0 Å². The minimum absolute atomic E-state index is 0.00951. The van der Waals surface area contributed by atoms with Crippen LogP contribution in [0.15, 0.2) is 60.7 Å². The highest BCUT2D eigenvalue weighted by atomic mass is 16.5. The van der Waals surface area contributed by atoms with Gasteiger partial charge in [-0.2, -0.15) is 0 Å². The lowest BCUT2D eigenvalue weighted by atomic mass is 9.94. The average Bonchev–Trinajstić information content (AvgIpc) is 2.97. The zero-order valence-electron chi connectivity index (χ0n) is 24.9. The summed E-state index contributed by atoms with van der Waals surface area (Å²) >= 11 is 0. The molecule has 1 saturated heterocycles. The molecule has 1 heterocycles. The monoisotopic (exact) mass is 567 g/mol. The Bertz CT molecular complexity index is 1180. The summed E-state index contributed by atoms with van der Waals surface area (Å²) in [6.07, 6.45) is 0.914. The summed E-state index contributed by atoms with van der Waals surface area (Å²) < 4.78 is 14.3. The number of carboxylic acid groups (broad SMARTS) is 1. The van der Waals surface area contributed by atoms with E-state index in [4.69, 9.17) is 6.15 Å². The molecule has 0 bridgehead atoms. The molecule has 1 aliphatic heterocycles. The van der Waals surface area contributed by atoms with Crippen LogP contribution in [0, 0.1) is 5.92 Å². The van der Waals surface area contributed by atoms with Crippen LogP contribution in [0.4, 0.5) is 0 Å². The van der Waals surface area contributed by atoms with Gasteiger partial charge >= 0.3 is 5.97 Å². The summed E-state index contributed by atoms with van der Waals surface area (Å²) in [5.41, 5.74) is -0.390. The summed E-state index contributed by atoms with van der Waals surface area (Å²) in [7, 11) is 0. The molecule has 41 heavy (non-hydrogen) atoms. The van der Waals surface area contributed by atoms with Crippen LogP contribution in [0.5, 0.6) is 0 Å². The van der Waals surface area contributed by atoms with Gasteiger partial charge in [0.15, 0.2) is 7.07 Å². The molecule has 3 amide bonds. The van der Waals surface area contributed by atoms with E-state index in [1.807, 2.05) is 49.1 Å². The normalized spacial score (nSPS) is 16.2. The number of hydrogen-bond acceptors (Lipinski definition) is 6. The molecule has 2 aromatic rings. The van der Waals surface area contributed by atoms with Gasteiger partial charge in [-0.3, -0.25) is 19.3 Å². The number of carboxylic acids is 1. The standard InChI is InChI=1S/C31H42N4O6/c1-23(2)21-31(34-28(37)22-35-16-18-41-19-17-35,33-27(36)15-9-14-24-10-5-3-6-11-24)30(40)32-26(29(38)39)20-25-12-7-4-8-13-25/h3-8,10-13,23,26H,9,14-22H2,1-2H3,(H,32,40)(H,33,36)(H,34,37)(H,38,39)/t26-,31+/m0/s1/i/hD.